The fraction of sp³-hybridized carbons (Fsp3) is 0.182. The number of hydrogen-bond acceptors (Lipinski definition) is 3. The molecule has 0 aromatic carbocycles. The van der Waals surface area contributed by atoms with E-state index >= 15 is 0 Å². The lowest BCUT2D eigenvalue weighted by Crippen LogP contribution is -2.08. The molecule has 2 nitrogen and oxygen atoms in total. The number of nitrogens with zero attached hydrogens (tertiary/aromatic N) is 2. The zero-order valence-electron chi connectivity index (χ0n) is 8.27. The molecule has 0 amide bonds. The van der Waals surface area contributed by atoms with E-state index in [9.17, 15) is 0 Å². The Bertz CT molecular complexity index is 390. The zero-order chi connectivity index (χ0) is 9.97. The van der Waals surface area contributed by atoms with Gasteiger partial charge in [-0.3, -0.25) is 4.98 Å². The van der Waals surface area contributed by atoms with Gasteiger partial charge in [0.1, 0.15) is 0 Å². The monoisotopic (exact) mass is 204 g/mol. The molecule has 0 saturated heterocycles. The second-order valence-electron chi connectivity index (χ2n) is 3.27. The predicted molar refractivity (Wildman–Crippen MR) is 61.9 cm³/mol. The molecule has 2 rings (SSSR count). The third-order valence-corrected chi connectivity index (χ3v) is 2.93. The van der Waals surface area contributed by atoms with Crippen LogP contribution in [0.3, 0.4) is 0 Å². The molecule has 0 spiro atoms. The number of thiophene rings is 1. The molecular weight excluding hydrogens is 192 g/mol. The maximum Gasteiger partial charge on any atom is 0.0803 e. The maximum atomic E-state index is 4.41. The summed E-state index contributed by atoms with van der Waals surface area (Å²) in [5.74, 6) is 0. The Morgan fingerprint density at radius 2 is 2.07 bits per heavy atom. The van der Waals surface area contributed by atoms with Crippen LogP contribution in [-0.2, 0) is 0 Å². The van der Waals surface area contributed by atoms with Crippen molar-refractivity contribution in [3.63, 3.8) is 0 Å². The molecule has 0 aliphatic carbocycles. The first kappa shape index (κ1) is 9.21. The summed E-state index contributed by atoms with van der Waals surface area (Å²) in [5, 5.41) is 2.07. The summed E-state index contributed by atoms with van der Waals surface area (Å²) in [6, 6.07) is 8.27. The van der Waals surface area contributed by atoms with Gasteiger partial charge in [-0.1, -0.05) is 6.07 Å². The van der Waals surface area contributed by atoms with Gasteiger partial charge in [0, 0.05) is 14.1 Å². The first-order chi connectivity index (χ1) is 6.77. The summed E-state index contributed by atoms with van der Waals surface area (Å²) in [4.78, 5) is 7.68. The molecule has 0 aliphatic rings. The Labute approximate surface area is 87.8 Å². The Morgan fingerprint density at radius 1 is 1.21 bits per heavy atom. The van der Waals surface area contributed by atoms with E-state index in [1.807, 2.05) is 31.3 Å². The van der Waals surface area contributed by atoms with Crippen LogP contribution in [0.4, 0.5) is 5.69 Å². The van der Waals surface area contributed by atoms with Crippen molar-refractivity contribution in [3.05, 3.63) is 35.8 Å². The minimum atomic E-state index is 1.05. The van der Waals surface area contributed by atoms with Crippen molar-refractivity contribution in [2.45, 2.75) is 0 Å². The molecule has 72 valence electrons. The Balaban J connectivity index is 2.31. The molecule has 0 atom stereocenters. The first-order valence-corrected chi connectivity index (χ1v) is 5.32. The van der Waals surface area contributed by atoms with Gasteiger partial charge in [0.2, 0.25) is 0 Å². The smallest absolute Gasteiger partial charge is 0.0803 e. The fourth-order valence-corrected chi connectivity index (χ4v) is 1.92. The van der Waals surface area contributed by atoms with Crippen LogP contribution < -0.4 is 4.90 Å². The van der Waals surface area contributed by atoms with Gasteiger partial charge in [0.25, 0.3) is 0 Å². The van der Waals surface area contributed by atoms with E-state index < -0.39 is 0 Å². The van der Waals surface area contributed by atoms with E-state index in [0.29, 0.717) is 0 Å². The van der Waals surface area contributed by atoms with Crippen LogP contribution in [0.2, 0.25) is 0 Å². The van der Waals surface area contributed by atoms with Crippen molar-refractivity contribution < 1.29 is 0 Å². The lowest BCUT2D eigenvalue weighted by molar-refractivity contribution is 1.11. The first-order valence-electron chi connectivity index (χ1n) is 4.44. The Kier molecular flexibility index (Phi) is 2.50. The van der Waals surface area contributed by atoms with Crippen LogP contribution in [0, 0.1) is 0 Å². The van der Waals surface area contributed by atoms with E-state index in [2.05, 4.69) is 28.6 Å². The highest BCUT2D eigenvalue weighted by Crippen LogP contribution is 2.23. The summed E-state index contributed by atoms with van der Waals surface area (Å²) in [6.07, 6.45) is 1.90. The molecule has 14 heavy (non-hydrogen) atoms. The molecule has 0 bridgehead atoms. The lowest BCUT2D eigenvalue weighted by atomic mass is 10.3. The van der Waals surface area contributed by atoms with E-state index in [-0.39, 0.29) is 0 Å². The molecule has 2 heterocycles. The summed E-state index contributed by atoms with van der Waals surface area (Å²) in [5.41, 5.74) is 2.18. The molecule has 0 aliphatic heterocycles. The number of rotatable bonds is 2. The third kappa shape index (κ3) is 1.77. The molecule has 3 heteroatoms. The summed E-state index contributed by atoms with van der Waals surface area (Å²) in [7, 11) is 4.03. The zero-order valence-corrected chi connectivity index (χ0v) is 9.08. The number of pyridine rings is 1. The van der Waals surface area contributed by atoms with Gasteiger partial charge in [-0.25, -0.2) is 0 Å². The van der Waals surface area contributed by atoms with Gasteiger partial charge in [-0.2, -0.15) is 0 Å². The number of hydrogen-bond donors (Lipinski definition) is 0. The molecule has 0 N–H and O–H groups in total. The maximum absolute atomic E-state index is 4.41. The van der Waals surface area contributed by atoms with Gasteiger partial charge < -0.3 is 4.90 Å². The highest BCUT2D eigenvalue weighted by Gasteiger charge is 2.00. The van der Waals surface area contributed by atoms with E-state index in [0.717, 1.165) is 11.4 Å². The van der Waals surface area contributed by atoms with Gasteiger partial charge in [-0.15, -0.1) is 11.3 Å². The number of anilines is 1. The quantitative estimate of drug-likeness (QED) is 0.747. The normalized spacial score (nSPS) is 10.1. The van der Waals surface area contributed by atoms with Crippen molar-refractivity contribution >= 4 is 17.0 Å². The van der Waals surface area contributed by atoms with Crippen LogP contribution in [0.25, 0.3) is 10.6 Å². The van der Waals surface area contributed by atoms with Crippen molar-refractivity contribution in [2.75, 3.05) is 19.0 Å². The van der Waals surface area contributed by atoms with E-state index in [1.165, 1.54) is 4.88 Å². The van der Waals surface area contributed by atoms with Gasteiger partial charge in [0.15, 0.2) is 0 Å². The molecule has 0 saturated carbocycles. The Hall–Kier alpha value is -1.35. The molecule has 2 aromatic rings. The summed E-state index contributed by atoms with van der Waals surface area (Å²) < 4.78 is 0. The van der Waals surface area contributed by atoms with Gasteiger partial charge in [0.05, 0.1) is 22.5 Å². The average molecular weight is 204 g/mol. The van der Waals surface area contributed by atoms with Crippen LogP contribution in [0.5, 0.6) is 0 Å². The largest absolute Gasteiger partial charge is 0.376 e. The van der Waals surface area contributed by atoms with Gasteiger partial charge >= 0.3 is 0 Å². The summed E-state index contributed by atoms with van der Waals surface area (Å²) in [6.45, 7) is 0. The van der Waals surface area contributed by atoms with Crippen LogP contribution >= 0.6 is 11.3 Å². The second kappa shape index (κ2) is 3.80. The highest BCUT2D eigenvalue weighted by molar-refractivity contribution is 7.13. The Morgan fingerprint density at radius 3 is 2.57 bits per heavy atom. The van der Waals surface area contributed by atoms with E-state index in [4.69, 9.17) is 0 Å². The van der Waals surface area contributed by atoms with E-state index in [1.54, 1.807) is 11.3 Å². The number of aromatic nitrogens is 1. The lowest BCUT2D eigenvalue weighted by Gasteiger charge is -2.11. The highest BCUT2D eigenvalue weighted by atomic mass is 32.1. The van der Waals surface area contributed by atoms with Crippen molar-refractivity contribution in [3.8, 4) is 10.6 Å². The minimum absolute atomic E-state index is 1.05. The SMILES string of the molecule is CN(C)c1ccc(-c2cccs2)nc1. The molecule has 0 radical (unpaired) electrons. The van der Waals surface area contributed by atoms with Crippen molar-refractivity contribution in [1.82, 2.24) is 4.98 Å². The average Bonchev–Trinajstić information content (AvgIpc) is 2.71. The minimum Gasteiger partial charge on any atom is -0.376 e. The third-order valence-electron chi connectivity index (χ3n) is 2.04. The molecule has 0 fully saturated rings. The van der Waals surface area contributed by atoms with Crippen molar-refractivity contribution in [1.29, 1.82) is 0 Å². The van der Waals surface area contributed by atoms with Gasteiger partial charge in [-0.05, 0) is 23.6 Å². The topological polar surface area (TPSA) is 16.1 Å². The van der Waals surface area contributed by atoms with Crippen LogP contribution in [0.15, 0.2) is 35.8 Å². The standard InChI is InChI=1S/C11H12N2S/c1-13(2)9-5-6-10(12-8-9)11-4-3-7-14-11/h3-8H,1-2H3. The second-order valence-corrected chi connectivity index (χ2v) is 4.22. The molecular formula is C11H12N2S. The van der Waals surface area contributed by atoms with Crippen LogP contribution in [0.1, 0.15) is 0 Å². The molecule has 2 aromatic heterocycles. The summed E-state index contributed by atoms with van der Waals surface area (Å²) >= 11 is 1.71. The van der Waals surface area contributed by atoms with Crippen LogP contribution in [-0.4, -0.2) is 19.1 Å². The molecule has 0 unspecified atom stereocenters. The fourth-order valence-electron chi connectivity index (χ4n) is 1.22. The van der Waals surface area contributed by atoms with Crippen molar-refractivity contribution in [2.24, 2.45) is 0 Å². The predicted octanol–water partition coefficient (Wildman–Crippen LogP) is 2.88.